The van der Waals surface area contributed by atoms with Crippen LogP contribution in [0.4, 0.5) is 0 Å². The second kappa shape index (κ2) is 2.99. The van der Waals surface area contributed by atoms with Crippen LogP contribution in [0.5, 0.6) is 0 Å². The molecule has 4 rings (SSSR count). The summed E-state index contributed by atoms with van der Waals surface area (Å²) in [6.45, 7) is 0. The minimum Gasteiger partial charge on any atom is -0.0676 e. The van der Waals surface area contributed by atoms with E-state index in [9.17, 15) is 0 Å². The van der Waals surface area contributed by atoms with Gasteiger partial charge in [0.05, 0.1) is 0 Å². The third-order valence-electron chi connectivity index (χ3n) is 3.65. The lowest BCUT2D eigenvalue weighted by molar-refractivity contribution is 0.888. The van der Waals surface area contributed by atoms with Crippen molar-refractivity contribution in [2.75, 3.05) is 0 Å². The lowest BCUT2D eigenvalue weighted by Crippen LogP contribution is -2.23. The molecule has 2 aliphatic rings. The largest absolute Gasteiger partial charge is 0.0676 e. The molecule has 0 amide bonds. The van der Waals surface area contributed by atoms with Gasteiger partial charge in [0.15, 0.2) is 0 Å². The first kappa shape index (κ1) is 9.43. The van der Waals surface area contributed by atoms with Crippen molar-refractivity contribution in [3.8, 4) is 0 Å². The predicted octanol–water partition coefficient (Wildman–Crippen LogP) is 3.07. The minimum absolute atomic E-state index is 0.548. The van der Waals surface area contributed by atoms with E-state index >= 15 is 0 Å². The SMILES string of the molecule is BrC1=c2ccc3ccc(Br)c4c3c2=CC1C4. The molecule has 2 bridgehead atoms. The Bertz CT molecular complexity index is 756. The van der Waals surface area contributed by atoms with Gasteiger partial charge in [-0.2, -0.15) is 0 Å². The maximum Gasteiger partial charge on any atom is 0.0214 e. The number of halogens is 2. The number of hydrogen-bond acceptors (Lipinski definition) is 0. The maximum absolute atomic E-state index is 3.75. The molecule has 0 radical (unpaired) electrons. The smallest absolute Gasteiger partial charge is 0.0214 e. The lowest BCUT2D eigenvalue weighted by atomic mass is 9.92. The Morgan fingerprint density at radius 3 is 2.75 bits per heavy atom. The molecule has 16 heavy (non-hydrogen) atoms. The van der Waals surface area contributed by atoms with Crippen LogP contribution >= 0.6 is 31.9 Å². The first-order valence-corrected chi connectivity index (χ1v) is 6.96. The molecule has 0 fully saturated rings. The molecule has 1 unspecified atom stereocenters. The molecular formula is C14H8Br2. The van der Waals surface area contributed by atoms with E-state index < -0.39 is 0 Å². The van der Waals surface area contributed by atoms with Crippen LogP contribution in [0.1, 0.15) is 5.56 Å². The Morgan fingerprint density at radius 1 is 1.06 bits per heavy atom. The van der Waals surface area contributed by atoms with Crippen molar-refractivity contribution in [2.45, 2.75) is 6.42 Å². The molecule has 2 heteroatoms. The zero-order chi connectivity index (χ0) is 10.9. The molecule has 0 spiro atoms. The highest BCUT2D eigenvalue weighted by Crippen LogP contribution is 2.35. The van der Waals surface area contributed by atoms with Crippen molar-refractivity contribution in [2.24, 2.45) is 5.92 Å². The Morgan fingerprint density at radius 2 is 1.88 bits per heavy atom. The summed E-state index contributed by atoms with van der Waals surface area (Å²) in [5.74, 6) is 0.548. The number of fused-ring (bicyclic) bond motifs is 1. The van der Waals surface area contributed by atoms with E-state index in [0.717, 1.165) is 6.42 Å². The van der Waals surface area contributed by atoms with Crippen LogP contribution in [0.3, 0.4) is 0 Å². The molecule has 0 nitrogen and oxygen atoms in total. The Balaban J connectivity index is 2.42. The first-order chi connectivity index (χ1) is 7.75. The summed E-state index contributed by atoms with van der Waals surface area (Å²) >= 11 is 7.42. The quantitative estimate of drug-likeness (QED) is 0.694. The van der Waals surface area contributed by atoms with Gasteiger partial charge in [0.25, 0.3) is 0 Å². The zero-order valence-corrected chi connectivity index (χ0v) is 11.6. The third kappa shape index (κ3) is 1.000. The highest BCUT2D eigenvalue weighted by atomic mass is 79.9. The fraction of sp³-hybridized carbons (Fsp3) is 0.143. The van der Waals surface area contributed by atoms with Gasteiger partial charge in [-0.05, 0) is 39.3 Å². The van der Waals surface area contributed by atoms with E-state index in [0.29, 0.717) is 5.92 Å². The summed E-state index contributed by atoms with van der Waals surface area (Å²) in [6.07, 6.45) is 3.51. The Labute approximate surface area is 110 Å². The van der Waals surface area contributed by atoms with Crippen molar-refractivity contribution >= 4 is 53.2 Å². The van der Waals surface area contributed by atoms with Gasteiger partial charge in [-0.25, -0.2) is 0 Å². The molecule has 0 saturated heterocycles. The minimum atomic E-state index is 0.548. The molecule has 0 saturated carbocycles. The van der Waals surface area contributed by atoms with Gasteiger partial charge in [0, 0.05) is 14.9 Å². The third-order valence-corrected chi connectivity index (χ3v) is 5.41. The predicted molar refractivity (Wildman–Crippen MR) is 74.9 cm³/mol. The van der Waals surface area contributed by atoms with Crippen molar-refractivity contribution < 1.29 is 0 Å². The van der Waals surface area contributed by atoms with Crippen LogP contribution in [0.2, 0.25) is 0 Å². The molecule has 0 N–H and O–H groups in total. The normalized spacial score (nSPS) is 20.6. The molecule has 78 valence electrons. The number of hydrogen-bond donors (Lipinski definition) is 0. The van der Waals surface area contributed by atoms with Crippen molar-refractivity contribution in [1.82, 2.24) is 0 Å². The van der Waals surface area contributed by atoms with Crippen LogP contribution < -0.4 is 10.4 Å². The summed E-state index contributed by atoms with van der Waals surface area (Å²) in [5, 5.41) is 5.61. The molecule has 2 aromatic rings. The summed E-state index contributed by atoms with van der Waals surface area (Å²) in [4.78, 5) is 0. The summed E-state index contributed by atoms with van der Waals surface area (Å²) in [5.41, 5.74) is 1.47. The lowest BCUT2D eigenvalue weighted by Gasteiger charge is -2.15. The summed E-state index contributed by atoms with van der Waals surface area (Å²) in [7, 11) is 0. The van der Waals surface area contributed by atoms with Crippen LogP contribution in [-0.4, -0.2) is 0 Å². The standard InChI is InChI=1S/C14H8Br2/c15-12-4-2-7-1-3-9-10-5-8(14(9)16)6-11(12)13(7)10/h1-5,8H,6H2. The summed E-state index contributed by atoms with van der Waals surface area (Å²) < 4.78 is 2.60. The van der Waals surface area contributed by atoms with Crippen LogP contribution in [0.25, 0.3) is 21.3 Å². The molecule has 2 aromatic carbocycles. The fourth-order valence-electron chi connectivity index (χ4n) is 2.92. The van der Waals surface area contributed by atoms with Crippen LogP contribution in [0, 0.1) is 5.92 Å². The van der Waals surface area contributed by atoms with Gasteiger partial charge in [0.1, 0.15) is 0 Å². The average molecular weight is 336 g/mol. The summed E-state index contributed by atoms with van der Waals surface area (Å²) in [6, 6.07) is 8.83. The molecule has 2 aliphatic carbocycles. The molecule has 0 aromatic heterocycles. The molecule has 0 aliphatic heterocycles. The van der Waals surface area contributed by atoms with Gasteiger partial charge >= 0.3 is 0 Å². The second-order valence-corrected chi connectivity index (χ2v) is 6.18. The fourth-order valence-corrected chi connectivity index (χ4v) is 4.05. The van der Waals surface area contributed by atoms with Gasteiger partial charge in [-0.15, -0.1) is 0 Å². The molecular weight excluding hydrogens is 328 g/mol. The van der Waals surface area contributed by atoms with Gasteiger partial charge < -0.3 is 0 Å². The highest BCUT2D eigenvalue weighted by molar-refractivity contribution is 9.14. The van der Waals surface area contributed by atoms with Crippen molar-refractivity contribution in [3.05, 3.63) is 44.7 Å². The second-order valence-electron chi connectivity index (χ2n) is 4.48. The highest BCUT2D eigenvalue weighted by Gasteiger charge is 2.24. The number of benzene rings is 2. The van der Waals surface area contributed by atoms with E-state index in [1.807, 2.05) is 0 Å². The average Bonchev–Trinajstić information content (AvgIpc) is 2.58. The van der Waals surface area contributed by atoms with Gasteiger partial charge in [-0.3, -0.25) is 0 Å². The molecule has 1 atom stereocenters. The zero-order valence-electron chi connectivity index (χ0n) is 8.43. The Kier molecular flexibility index (Phi) is 1.76. The number of rotatable bonds is 0. The van der Waals surface area contributed by atoms with E-state index in [4.69, 9.17) is 0 Å². The monoisotopic (exact) mass is 334 g/mol. The molecule has 0 heterocycles. The van der Waals surface area contributed by atoms with E-state index in [1.165, 1.54) is 35.7 Å². The van der Waals surface area contributed by atoms with E-state index in [2.05, 4.69) is 62.2 Å². The van der Waals surface area contributed by atoms with Crippen molar-refractivity contribution in [3.63, 3.8) is 0 Å². The van der Waals surface area contributed by atoms with Gasteiger partial charge in [-0.1, -0.05) is 56.1 Å². The van der Waals surface area contributed by atoms with Crippen LogP contribution in [0.15, 0.2) is 28.7 Å². The van der Waals surface area contributed by atoms with Crippen LogP contribution in [-0.2, 0) is 6.42 Å². The topological polar surface area (TPSA) is 0 Å². The van der Waals surface area contributed by atoms with E-state index in [-0.39, 0.29) is 0 Å². The van der Waals surface area contributed by atoms with Crippen molar-refractivity contribution in [1.29, 1.82) is 0 Å². The maximum atomic E-state index is 3.75. The first-order valence-electron chi connectivity index (χ1n) is 5.37. The Hall–Kier alpha value is -0.600. The van der Waals surface area contributed by atoms with E-state index in [1.54, 1.807) is 0 Å². The van der Waals surface area contributed by atoms with Gasteiger partial charge in [0.2, 0.25) is 0 Å².